The van der Waals surface area contributed by atoms with Crippen LogP contribution in [0.1, 0.15) is 11.1 Å². The van der Waals surface area contributed by atoms with E-state index in [1.807, 2.05) is 36.4 Å². The fourth-order valence-corrected chi connectivity index (χ4v) is 4.23. The van der Waals surface area contributed by atoms with Crippen LogP contribution in [0.3, 0.4) is 0 Å². The van der Waals surface area contributed by atoms with Gasteiger partial charge in [-0.25, -0.2) is 5.43 Å². The van der Waals surface area contributed by atoms with Gasteiger partial charge in [0.25, 0.3) is 0 Å². The summed E-state index contributed by atoms with van der Waals surface area (Å²) in [5.41, 5.74) is 4.21. The van der Waals surface area contributed by atoms with Gasteiger partial charge in [-0.2, -0.15) is 5.10 Å². The molecule has 0 atom stereocenters. The minimum absolute atomic E-state index is 0.119. The number of amides is 1. The monoisotopic (exact) mass is 538 g/mol. The third-order valence-corrected chi connectivity index (χ3v) is 5.65. The molecule has 0 aromatic heterocycles. The molecule has 0 saturated carbocycles. The standard InChI is InChI=1S/C19H13Br3N2O2/c20-15-6-5-12(13-3-1-2-4-14(13)15)9-18(25)24-23-10-11-7-16(21)19(26)17(22)8-11/h1-8,10,26H,9H2,(H,24,25)/b23-10+. The summed E-state index contributed by atoms with van der Waals surface area (Å²) in [4.78, 5) is 12.2. The number of carbonyl (C=O) groups excluding carboxylic acids is 1. The fourth-order valence-electron chi connectivity index (χ4n) is 2.53. The number of hydrazone groups is 1. The molecule has 26 heavy (non-hydrogen) atoms. The van der Waals surface area contributed by atoms with Crippen molar-refractivity contribution in [2.45, 2.75) is 6.42 Å². The van der Waals surface area contributed by atoms with Crippen molar-refractivity contribution in [1.82, 2.24) is 5.43 Å². The predicted octanol–water partition coefficient (Wildman–Crippen LogP) is 5.53. The molecule has 132 valence electrons. The molecule has 7 heteroatoms. The highest BCUT2D eigenvalue weighted by Crippen LogP contribution is 2.32. The third-order valence-electron chi connectivity index (χ3n) is 3.75. The second kappa shape index (κ2) is 8.33. The first-order valence-corrected chi connectivity index (χ1v) is 9.99. The highest BCUT2D eigenvalue weighted by Gasteiger charge is 2.08. The molecule has 0 saturated heterocycles. The summed E-state index contributed by atoms with van der Waals surface area (Å²) in [5, 5.41) is 15.8. The largest absolute Gasteiger partial charge is 0.506 e. The zero-order chi connectivity index (χ0) is 18.7. The summed E-state index contributed by atoms with van der Waals surface area (Å²) < 4.78 is 2.08. The van der Waals surface area contributed by atoms with Crippen molar-refractivity contribution in [1.29, 1.82) is 0 Å². The van der Waals surface area contributed by atoms with Gasteiger partial charge < -0.3 is 5.11 Å². The first-order valence-electron chi connectivity index (χ1n) is 7.61. The third kappa shape index (κ3) is 4.34. The van der Waals surface area contributed by atoms with Crippen molar-refractivity contribution in [3.63, 3.8) is 0 Å². The molecule has 3 rings (SSSR count). The lowest BCUT2D eigenvalue weighted by atomic mass is 10.0. The fraction of sp³-hybridized carbons (Fsp3) is 0.0526. The molecule has 0 aliphatic rings. The topological polar surface area (TPSA) is 61.7 Å². The Morgan fingerprint density at radius 2 is 1.65 bits per heavy atom. The van der Waals surface area contributed by atoms with E-state index in [4.69, 9.17) is 0 Å². The molecule has 0 unspecified atom stereocenters. The molecule has 0 bridgehead atoms. The Hall–Kier alpha value is -1.70. The average molecular weight is 541 g/mol. The van der Waals surface area contributed by atoms with E-state index in [2.05, 4.69) is 58.3 Å². The average Bonchev–Trinajstić information content (AvgIpc) is 2.62. The normalized spacial score (nSPS) is 11.2. The number of halogens is 3. The Kier molecular flexibility index (Phi) is 6.11. The van der Waals surface area contributed by atoms with Gasteiger partial charge in [0, 0.05) is 4.47 Å². The van der Waals surface area contributed by atoms with Crippen LogP contribution in [0.2, 0.25) is 0 Å². The van der Waals surface area contributed by atoms with Gasteiger partial charge in [0.05, 0.1) is 21.6 Å². The van der Waals surface area contributed by atoms with Gasteiger partial charge in [-0.3, -0.25) is 4.79 Å². The van der Waals surface area contributed by atoms with Gasteiger partial charge in [0.15, 0.2) is 0 Å². The molecule has 3 aromatic carbocycles. The number of fused-ring (bicyclic) bond motifs is 1. The quantitative estimate of drug-likeness (QED) is 0.338. The van der Waals surface area contributed by atoms with Gasteiger partial charge in [0.1, 0.15) is 5.75 Å². The van der Waals surface area contributed by atoms with Gasteiger partial charge in [0.2, 0.25) is 5.91 Å². The maximum atomic E-state index is 12.2. The molecule has 0 spiro atoms. The van der Waals surface area contributed by atoms with Crippen LogP contribution in [-0.2, 0) is 11.2 Å². The molecule has 0 aliphatic heterocycles. The van der Waals surface area contributed by atoms with Crippen LogP contribution in [0.25, 0.3) is 10.8 Å². The van der Waals surface area contributed by atoms with E-state index in [-0.39, 0.29) is 18.1 Å². The number of phenolic OH excluding ortho intramolecular Hbond substituents is 1. The molecule has 0 aliphatic carbocycles. The van der Waals surface area contributed by atoms with Crippen LogP contribution in [0.5, 0.6) is 5.75 Å². The second-order valence-corrected chi connectivity index (χ2v) is 8.12. The number of aromatic hydroxyl groups is 1. The lowest BCUT2D eigenvalue weighted by Crippen LogP contribution is -2.19. The highest BCUT2D eigenvalue weighted by molar-refractivity contribution is 9.11. The van der Waals surface area contributed by atoms with Gasteiger partial charge in [-0.1, -0.05) is 46.3 Å². The number of benzene rings is 3. The Morgan fingerprint density at radius 3 is 2.35 bits per heavy atom. The van der Waals surface area contributed by atoms with Crippen LogP contribution >= 0.6 is 47.8 Å². The zero-order valence-electron chi connectivity index (χ0n) is 13.3. The molecular weight excluding hydrogens is 528 g/mol. The Bertz CT molecular complexity index is 996. The Balaban J connectivity index is 1.71. The van der Waals surface area contributed by atoms with Crippen molar-refractivity contribution < 1.29 is 9.90 Å². The van der Waals surface area contributed by atoms with Crippen LogP contribution in [0.15, 0.2) is 67.1 Å². The summed E-state index contributed by atoms with van der Waals surface area (Å²) in [6.07, 6.45) is 1.75. The molecule has 3 aromatic rings. The maximum Gasteiger partial charge on any atom is 0.244 e. The number of nitrogens with zero attached hydrogens (tertiary/aromatic N) is 1. The highest BCUT2D eigenvalue weighted by atomic mass is 79.9. The minimum atomic E-state index is -0.203. The molecular formula is C19H13Br3N2O2. The summed E-state index contributed by atoms with van der Waals surface area (Å²) in [5.74, 6) is -0.0843. The molecule has 2 N–H and O–H groups in total. The first-order chi connectivity index (χ1) is 12.5. The number of hydrogen-bond donors (Lipinski definition) is 2. The van der Waals surface area contributed by atoms with Gasteiger partial charge in [-0.05, 0) is 72.0 Å². The minimum Gasteiger partial charge on any atom is -0.506 e. The number of hydrogen-bond acceptors (Lipinski definition) is 3. The number of rotatable bonds is 4. The lowest BCUT2D eigenvalue weighted by Gasteiger charge is -2.07. The predicted molar refractivity (Wildman–Crippen MR) is 115 cm³/mol. The van der Waals surface area contributed by atoms with Crippen LogP contribution < -0.4 is 5.43 Å². The maximum absolute atomic E-state index is 12.2. The van der Waals surface area contributed by atoms with E-state index in [9.17, 15) is 9.90 Å². The van der Waals surface area contributed by atoms with Gasteiger partial charge in [-0.15, -0.1) is 0 Å². The molecule has 0 fully saturated rings. The van der Waals surface area contributed by atoms with Crippen LogP contribution in [-0.4, -0.2) is 17.2 Å². The van der Waals surface area contributed by atoms with E-state index >= 15 is 0 Å². The summed E-state index contributed by atoms with van der Waals surface area (Å²) >= 11 is 10.0. The zero-order valence-corrected chi connectivity index (χ0v) is 18.1. The van der Waals surface area contributed by atoms with E-state index in [0.717, 1.165) is 26.4 Å². The second-order valence-electron chi connectivity index (χ2n) is 5.56. The number of nitrogens with one attached hydrogen (secondary N) is 1. The van der Waals surface area contributed by atoms with Crippen LogP contribution in [0.4, 0.5) is 0 Å². The van der Waals surface area contributed by atoms with Gasteiger partial charge >= 0.3 is 0 Å². The summed E-state index contributed by atoms with van der Waals surface area (Å²) in [7, 11) is 0. The molecule has 0 radical (unpaired) electrons. The van der Waals surface area contributed by atoms with E-state index in [1.165, 1.54) is 6.21 Å². The summed E-state index contributed by atoms with van der Waals surface area (Å²) in [6, 6.07) is 15.2. The smallest absolute Gasteiger partial charge is 0.244 e. The van der Waals surface area contributed by atoms with E-state index < -0.39 is 0 Å². The van der Waals surface area contributed by atoms with E-state index in [1.54, 1.807) is 12.1 Å². The first kappa shape index (κ1) is 19.1. The van der Waals surface area contributed by atoms with Crippen LogP contribution in [0, 0.1) is 0 Å². The van der Waals surface area contributed by atoms with Crippen molar-refractivity contribution in [3.05, 3.63) is 73.1 Å². The van der Waals surface area contributed by atoms with Crippen molar-refractivity contribution in [2.75, 3.05) is 0 Å². The molecule has 0 heterocycles. The SMILES string of the molecule is O=C(Cc1ccc(Br)c2ccccc12)N/N=C/c1cc(Br)c(O)c(Br)c1. The Morgan fingerprint density at radius 1 is 1.00 bits per heavy atom. The van der Waals surface area contributed by atoms with Crippen molar-refractivity contribution in [3.8, 4) is 5.75 Å². The lowest BCUT2D eigenvalue weighted by molar-refractivity contribution is -0.120. The summed E-state index contributed by atoms with van der Waals surface area (Å²) in [6.45, 7) is 0. The van der Waals surface area contributed by atoms with E-state index in [0.29, 0.717) is 8.95 Å². The number of carbonyl (C=O) groups is 1. The molecule has 1 amide bonds. The Labute approximate surface area is 175 Å². The number of phenols is 1. The van der Waals surface area contributed by atoms with Crippen molar-refractivity contribution >= 4 is 70.7 Å². The molecule has 4 nitrogen and oxygen atoms in total. The van der Waals surface area contributed by atoms with Crippen molar-refractivity contribution in [2.24, 2.45) is 5.10 Å².